The average molecular weight is 332 g/mol. The molecule has 1 aromatic rings. The first-order chi connectivity index (χ1) is 8.82. The summed E-state index contributed by atoms with van der Waals surface area (Å²) in [5, 5.41) is 0.464. The van der Waals surface area contributed by atoms with Gasteiger partial charge in [-0.1, -0.05) is 36.7 Å². The zero-order valence-corrected chi connectivity index (χ0v) is 13.2. The second-order valence-electron chi connectivity index (χ2n) is 6.34. The summed E-state index contributed by atoms with van der Waals surface area (Å²) in [5.41, 5.74) is 0.944. The number of rotatable bonds is 2. The van der Waals surface area contributed by atoms with Crippen molar-refractivity contribution in [3.63, 3.8) is 0 Å². The van der Waals surface area contributed by atoms with Crippen molar-refractivity contribution in [2.75, 3.05) is 18.0 Å². The molecule has 1 fully saturated rings. The van der Waals surface area contributed by atoms with Gasteiger partial charge in [0.05, 0.1) is 0 Å². The molecule has 4 heteroatoms. The summed E-state index contributed by atoms with van der Waals surface area (Å²) in [6.07, 6.45) is 0.989. The van der Waals surface area contributed by atoms with Crippen molar-refractivity contribution in [3.8, 4) is 0 Å². The van der Waals surface area contributed by atoms with Crippen molar-refractivity contribution in [3.05, 3.63) is 29.3 Å². The van der Waals surface area contributed by atoms with Gasteiger partial charge in [-0.2, -0.15) is 0 Å². The molecule has 0 bridgehead atoms. The Morgan fingerprint density at radius 1 is 1.26 bits per heavy atom. The highest BCUT2D eigenvalue weighted by molar-refractivity contribution is 9.08. The maximum atomic E-state index is 14.1. The molecule has 1 aliphatic rings. The van der Waals surface area contributed by atoms with Crippen LogP contribution in [0.25, 0.3) is 0 Å². The second-order valence-corrected chi connectivity index (χ2v) is 6.90. The number of anilines is 1. The first-order valence-corrected chi connectivity index (χ1v) is 7.74. The number of hydrogen-bond acceptors (Lipinski definition) is 1. The van der Waals surface area contributed by atoms with Crippen molar-refractivity contribution in [2.45, 2.75) is 32.5 Å². The van der Waals surface area contributed by atoms with Gasteiger partial charge in [0.25, 0.3) is 0 Å². The molecule has 19 heavy (non-hydrogen) atoms. The van der Waals surface area contributed by atoms with Gasteiger partial charge in [0.2, 0.25) is 0 Å². The minimum atomic E-state index is -0.455. The smallest absolute Gasteiger partial charge is 0.149 e. The van der Waals surface area contributed by atoms with Crippen LogP contribution in [0.4, 0.5) is 14.5 Å². The van der Waals surface area contributed by atoms with Crippen LogP contribution in [0.2, 0.25) is 0 Å². The molecule has 0 radical (unpaired) electrons. The molecule has 1 unspecified atom stereocenters. The van der Waals surface area contributed by atoms with Crippen LogP contribution >= 0.6 is 15.9 Å². The van der Waals surface area contributed by atoms with E-state index in [0.717, 1.165) is 19.5 Å². The molecule has 0 N–H and O–H groups in total. The molecule has 1 aliphatic heterocycles. The van der Waals surface area contributed by atoms with Gasteiger partial charge in [0, 0.05) is 18.4 Å². The second kappa shape index (κ2) is 5.39. The van der Waals surface area contributed by atoms with E-state index < -0.39 is 11.6 Å². The molecule has 1 atom stereocenters. The number of benzene rings is 1. The fraction of sp³-hybridized carbons (Fsp3) is 0.600. The van der Waals surface area contributed by atoms with Crippen LogP contribution in [0.3, 0.4) is 0 Å². The van der Waals surface area contributed by atoms with E-state index in [2.05, 4.69) is 36.7 Å². The van der Waals surface area contributed by atoms with E-state index in [1.54, 1.807) is 0 Å². The Kier molecular flexibility index (Phi) is 4.19. The Morgan fingerprint density at radius 3 is 2.26 bits per heavy atom. The van der Waals surface area contributed by atoms with E-state index in [-0.39, 0.29) is 11.1 Å². The van der Waals surface area contributed by atoms with Crippen LogP contribution in [-0.4, -0.2) is 13.1 Å². The highest BCUT2D eigenvalue weighted by Crippen LogP contribution is 2.37. The van der Waals surface area contributed by atoms with Crippen LogP contribution in [0.1, 0.15) is 32.8 Å². The number of nitrogens with zero attached hydrogens (tertiary/aromatic N) is 1. The molecular formula is C15H20BrF2N. The number of alkyl halides is 1. The highest BCUT2D eigenvalue weighted by Gasteiger charge is 2.33. The molecule has 0 saturated carbocycles. The maximum absolute atomic E-state index is 14.1. The van der Waals surface area contributed by atoms with E-state index in [9.17, 15) is 8.78 Å². The lowest BCUT2D eigenvalue weighted by Gasteiger charge is -2.27. The Labute approximate surface area is 122 Å². The van der Waals surface area contributed by atoms with Crippen molar-refractivity contribution >= 4 is 21.6 Å². The number of halogens is 3. The molecule has 1 saturated heterocycles. The average Bonchev–Trinajstić information content (AvgIpc) is 2.76. The van der Waals surface area contributed by atoms with Crippen molar-refractivity contribution in [2.24, 2.45) is 11.3 Å². The third-order valence-electron chi connectivity index (χ3n) is 3.96. The SMILES string of the molecule is CC(C)(C)C1CCN(c2c(F)cc(CBr)cc2F)C1. The first-order valence-electron chi connectivity index (χ1n) is 6.61. The van der Waals surface area contributed by atoms with Gasteiger partial charge in [-0.25, -0.2) is 8.78 Å². The zero-order chi connectivity index (χ0) is 14.2. The summed E-state index contributed by atoms with van der Waals surface area (Å²) in [4.78, 5) is 1.85. The van der Waals surface area contributed by atoms with Gasteiger partial charge < -0.3 is 4.90 Å². The molecule has 0 spiro atoms. The van der Waals surface area contributed by atoms with E-state index in [4.69, 9.17) is 0 Å². The largest absolute Gasteiger partial charge is 0.366 e. The quantitative estimate of drug-likeness (QED) is 0.708. The van der Waals surface area contributed by atoms with Gasteiger partial charge >= 0.3 is 0 Å². The molecule has 1 heterocycles. The van der Waals surface area contributed by atoms with E-state index >= 15 is 0 Å². The van der Waals surface area contributed by atoms with Gasteiger partial charge in [-0.05, 0) is 35.4 Å². The third kappa shape index (κ3) is 3.10. The van der Waals surface area contributed by atoms with Gasteiger partial charge in [-0.15, -0.1) is 0 Å². The lowest BCUT2D eigenvalue weighted by atomic mass is 9.80. The fourth-order valence-electron chi connectivity index (χ4n) is 2.67. The standard InChI is InChI=1S/C15H20BrF2N/c1-15(2,3)11-4-5-19(9-11)14-12(17)6-10(8-16)7-13(14)18/h6-7,11H,4-5,8-9H2,1-3H3. The molecular weight excluding hydrogens is 312 g/mol. The highest BCUT2D eigenvalue weighted by atomic mass is 79.9. The normalized spacial score (nSPS) is 20.1. The van der Waals surface area contributed by atoms with Gasteiger partial charge in [-0.3, -0.25) is 0 Å². The van der Waals surface area contributed by atoms with Crippen LogP contribution in [0.15, 0.2) is 12.1 Å². The maximum Gasteiger partial charge on any atom is 0.149 e. The number of hydrogen-bond donors (Lipinski definition) is 0. The van der Waals surface area contributed by atoms with Gasteiger partial charge in [0.1, 0.15) is 17.3 Å². The lowest BCUT2D eigenvalue weighted by molar-refractivity contribution is 0.263. The Balaban J connectivity index is 2.25. The fourth-order valence-corrected chi connectivity index (χ4v) is 2.99. The van der Waals surface area contributed by atoms with Crippen LogP contribution < -0.4 is 4.90 Å². The van der Waals surface area contributed by atoms with Crippen LogP contribution in [-0.2, 0) is 5.33 Å². The molecule has 0 aliphatic carbocycles. The van der Waals surface area contributed by atoms with E-state index in [1.807, 2.05) is 4.90 Å². The molecule has 2 rings (SSSR count). The van der Waals surface area contributed by atoms with Crippen molar-refractivity contribution < 1.29 is 8.78 Å². The molecule has 1 nitrogen and oxygen atoms in total. The minimum absolute atomic E-state index is 0.136. The molecule has 1 aromatic carbocycles. The van der Waals surface area contributed by atoms with Crippen molar-refractivity contribution in [1.82, 2.24) is 0 Å². The summed E-state index contributed by atoms with van der Waals surface area (Å²) >= 11 is 3.22. The summed E-state index contributed by atoms with van der Waals surface area (Å²) < 4.78 is 28.1. The van der Waals surface area contributed by atoms with E-state index in [0.29, 0.717) is 16.8 Å². The molecule has 106 valence electrons. The van der Waals surface area contributed by atoms with Crippen LogP contribution in [0, 0.1) is 23.0 Å². The first kappa shape index (κ1) is 14.8. The molecule has 0 aromatic heterocycles. The topological polar surface area (TPSA) is 3.24 Å². The third-order valence-corrected chi connectivity index (χ3v) is 4.61. The summed E-state index contributed by atoms with van der Waals surface area (Å²) in [6, 6.07) is 2.83. The summed E-state index contributed by atoms with van der Waals surface area (Å²) in [5.74, 6) is -0.435. The van der Waals surface area contributed by atoms with Crippen LogP contribution in [0.5, 0.6) is 0 Å². The predicted octanol–water partition coefficient (Wildman–Crippen LogP) is 4.73. The van der Waals surface area contributed by atoms with Gasteiger partial charge in [0.15, 0.2) is 0 Å². The Bertz CT molecular complexity index is 445. The minimum Gasteiger partial charge on any atom is -0.366 e. The predicted molar refractivity (Wildman–Crippen MR) is 78.8 cm³/mol. The molecule has 0 amide bonds. The monoisotopic (exact) mass is 331 g/mol. The lowest BCUT2D eigenvalue weighted by Crippen LogP contribution is -2.27. The van der Waals surface area contributed by atoms with Crippen molar-refractivity contribution in [1.29, 1.82) is 0 Å². The summed E-state index contributed by atoms with van der Waals surface area (Å²) in [6.45, 7) is 8.00. The Hall–Kier alpha value is -0.640. The zero-order valence-electron chi connectivity index (χ0n) is 11.6. The Morgan fingerprint density at radius 2 is 1.84 bits per heavy atom. The van der Waals surface area contributed by atoms with E-state index in [1.165, 1.54) is 12.1 Å². The summed E-state index contributed by atoms with van der Waals surface area (Å²) in [7, 11) is 0.